The average molecular weight is 308 g/mol. The van der Waals surface area contributed by atoms with Crippen LogP contribution in [0.5, 0.6) is 0 Å². The van der Waals surface area contributed by atoms with Gasteiger partial charge in [0.1, 0.15) is 18.0 Å². The van der Waals surface area contributed by atoms with Gasteiger partial charge in [0, 0.05) is 17.4 Å². The highest BCUT2D eigenvalue weighted by molar-refractivity contribution is 5.97. The van der Waals surface area contributed by atoms with Crippen LogP contribution >= 0.6 is 0 Å². The summed E-state index contributed by atoms with van der Waals surface area (Å²) in [4.78, 5) is 23.7. The molecule has 0 radical (unpaired) electrons. The lowest BCUT2D eigenvalue weighted by Crippen LogP contribution is -2.08. The Labute approximate surface area is 133 Å². The Balaban J connectivity index is 1.49. The van der Waals surface area contributed by atoms with Crippen LogP contribution in [-0.2, 0) is 16.1 Å². The van der Waals surface area contributed by atoms with Crippen molar-refractivity contribution >= 4 is 22.7 Å². The van der Waals surface area contributed by atoms with E-state index in [2.05, 4.69) is 0 Å². The fraction of sp³-hybridized carbons (Fsp3) is 0.158. The topological polar surface area (TPSA) is 56.5 Å². The summed E-state index contributed by atoms with van der Waals surface area (Å²) in [6.07, 6.45) is 0.205. The van der Waals surface area contributed by atoms with Crippen LogP contribution in [0.4, 0.5) is 0 Å². The summed E-state index contributed by atoms with van der Waals surface area (Å²) in [5.41, 5.74) is 1.37. The second-order valence-corrected chi connectivity index (χ2v) is 5.20. The molecule has 0 atom stereocenters. The second kappa shape index (κ2) is 6.92. The number of fused-ring (bicyclic) bond motifs is 1. The summed E-state index contributed by atoms with van der Waals surface area (Å²) in [5, 5.41) is 0.970. The number of benzene rings is 2. The third kappa shape index (κ3) is 3.86. The molecule has 0 amide bonds. The van der Waals surface area contributed by atoms with Crippen LogP contribution in [0, 0.1) is 0 Å². The first-order valence-corrected chi connectivity index (χ1v) is 7.44. The van der Waals surface area contributed by atoms with Crippen LogP contribution in [0.1, 0.15) is 29.0 Å². The molecule has 0 saturated carbocycles. The van der Waals surface area contributed by atoms with E-state index < -0.39 is 5.97 Å². The molecule has 3 aromatic rings. The number of carbonyl (C=O) groups excluding carboxylic acids is 2. The number of rotatable bonds is 6. The van der Waals surface area contributed by atoms with Crippen LogP contribution in [0.2, 0.25) is 0 Å². The molecule has 1 heterocycles. The molecule has 0 unspecified atom stereocenters. The minimum atomic E-state index is -0.408. The molecule has 1 aromatic heterocycles. The van der Waals surface area contributed by atoms with Crippen molar-refractivity contribution in [2.24, 2.45) is 0 Å². The molecule has 0 spiro atoms. The maximum absolute atomic E-state index is 11.9. The predicted molar refractivity (Wildman–Crippen MR) is 86.0 cm³/mol. The lowest BCUT2D eigenvalue weighted by atomic mass is 10.1. The Kier molecular flexibility index (Phi) is 4.52. The van der Waals surface area contributed by atoms with Crippen molar-refractivity contribution in [2.45, 2.75) is 19.4 Å². The second-order valence-electron chi connectivity index (χ2n) is 5.20. The number of carbonyl (C=O) groups is 2. The van der Waals surface area contributed by atoms with Gasteiger partial charge in [0.15, 0.2) is 5.78 Å². The molecule has 4 heteroatoms. The zero-order chi connectivity index (χ0) is 16.1. The molecule has 3 rings (SSSR count). The molecular weight excluding hydrogens is 292 g/mol. The molecule has 0 aliphatic carbocycles. The van der Waals surface area contributed by atoms with E-state index in [9.17, 15) is 9.59 Å². The third-order valence-electron chi connectivity index (χ3n) is 3.50. The molecule has 116 valence electrons. The van der Waals surface area contributed by atoms with Crippen LogP contribution < -0.4 is 0 Å². The molecular formula is C19H16O4. The van der Waals surface area contributed by atoms with E-state index in [1.165, 1.54) is 0 Å². The summed E-state index contributed by atoms with van der Waals surface area (Å²) in [7, 11) is 0. The van der Waals surface area contributed by atoms with Gasteiger partial charge in [-0.2, -0.15) is 0 Å². The van der Waals surface area contributed by atoms with E-state index in [0.717, 1.165) is 11.0 Å². The Morgan fingerprint density at radius 3 is 2.43 bits per heavy atom. The predicted octanol–water partition coefficient (Wildman–Crippen LogP) is 4.14. The van der Waals surface area contributed by atoms with Crippen LogP contribution in [-0.4, -0.2) is 11.8 Å². The largest absolute Gasteiger partial charge is 0.457 e. The summed E-state index contributed by atoms with van der Waals surface area (Å²) < 4.78 is 10.7. The molecule has 0 saturated heterocycles. The Morgan fingerprint density at radius 1 is 0.913 bits per heavy atom. The summed E-state index contributed by atoms with van der Waals surface area (Å²) in [6.45, 7) is 0.0764. The van der Waals surface area contributed by atoms with Crippen molar-refractivity contribution in [2.75, 3.05) is 0 Å². The highest BCUT2D eigenvalue weighted by Gasteiger charge is 2.11. The van der Waals surface area contributed by atoms with E-state index >= 15 is 0 Å². The van der Waals surface area contributed by atoms with Crippen LogP contribution in [0.15, 0.2) is 65.1 Å². The number of furan rings is 1. The molecule has 0 aliphatic heterocycles. The van der Waals surface area contributed by atoms with Crippen molar-refractivity contribution in [1.29, 1.82) is 0 Å². The third-order valence-corrected chi connectivity index (χ3v) is 3.50. The van der Waals surface area contributed by atoms with Gasteiger partial charge in [-0.05, 0) is 12.1 Å². The number of hydrogen-bond acceptors (Lipinski definition) is 4. The standard InChI is InChI=1S/C19H16O4/c20-17(14-6-2-1-3-7-14)10-11-19(21)22-13-16-12-15-8-4-5-9-18(15)23-16/h1-9,12H,10-11,13H2. The first-order chi connectivity index (χ1) is 11.2. The molecule has 2 aromatic carbocycles. The van der Waals surface area contributed by atoms with Crippen molar-refractivity contribution < 1.29 is 18.7 Å². The van der Waals surface area contributed by atoms with Gasteiger partial charge in [-0.25, -0.2) is 0 Å². The molecule has 23 heavy (non-hydrogen) atoms. The first-order valence-electron chi connectivity index (χ1n) is 7.44. The fourth-order valence-corrected chi connectivity index (χ4v) is 2.32. The first kappa shape index (κ1) is 15.0. The van der Waals surface area contributed by atoms with Crippen LogP contribution in [0.25, 0.3) is 11.0 Å². The van der Waals surface area contributed by atoms with Gasteiger partial charge in [0.2, 0.25) is 0 Å². The smallest absolute Gasteiger partial charge is 0.306 e. The quantitative estimate of drug-likeness (QED) is 0.507. The van der Waals surface area contributed by atoms with Gasteiger partial charge in [-0.3, -0.25) is 9.59 Å². The summed E-state index contributed by atoms with van der Waals surface area (Å²) in [5.74, 6) is 0.120. The van der Waals surface area contributed by atoms with Crippen molar-refractivity contribution in [1.82, 2.24) is 0 Å². The Bertz CT molecular complexity index is 785. The molecule has 0 bridgehead atoms. The van der Waals surface area contributed by atoms with Crippen molar-refractivity contribution in [3.8, 4) is 0 Å². The minimum Gasteiger partial charge on any atom is -0.457 e. The lowest BCUT2D eigenvalue weighted by Gasteiger charge is -2.03. The highest BCUT2D eigenvalue weighted by Crippen LogP contribution is 2.19. The fourth-order valence-electron chi connectivity index (χ4n) is 2.32. The number of esters is 1. The van der Waals surface area contributed by atoms with Crippen LogP contribution in [0.3, 0.4) is 0 Å². The normalized spacial score (nSPS) is 10.6. The van der Waals surface area contributed by atoms with Gasteiger partial charge in [-0.15, -0.1) is 0 Å². The van der Waals surface area contributed by atoms with E-state index in [1.54, 1.807) is 24.3 Å². The summed E-state index contributed by atoms with van der Waals surface area (Å²) in [6, 6.07) is 18.4. The van der Waals surface area contributed by atoms with Gasteiger partial charge < -0.3 is 9.15 Å². The number of ether oxygens (including phenoxy) is 1. The zero-order valence-corrected chi connectivity index (χ0v) is 12.5. The van der Waals surface area contributed by atoms with Crippen molar-refractivity contribution in [3.05, 3.63) is 72.0 Å². The molecule has 0 fully saturated rings. The number of Topliss-reactive ketones (excluding diaryl/α,β-unsaturated/α-hetero) is 1. The van der Waals surface area contributed by atoms with Gasteiger partial charge in [0.05, 0.1) is 6.42 Å². The SMILES string of the molecule is O=C(CCC(=O)c1ccccc1)OCc1cc2ccccc2o1. The van der Waals surface area contributed by atoms with Gasteiger partial charge in [-0.1, -0.05) is 48.5 Å². The summed E-state index contributed by atoms with van der Waals surface area (Å²) >= 11 is 0. The Hall–Kier alpha value is -2.88. The van der Waals surface area contributed by atoms with E-state index in [-0.39, 0.29) is 25.2 Å². The number of ketones is 1. The zero-order valence-electron chi connectivity index (χ0n) is 12.5. The van der Waals surface area contributed by atoms with Gasteiger partial charge in [0.25, 0.3) is 0 Å². The molecule has 0 aliphatic rings. The van der Waals surface area contributed by atoms with E-state index in [4.69, 9.17) is 9.15 Å². The number of para-hydroxylation sites is 1. The average Bonchev–Trinajstić information content (AvgIpc) is 3.01. The maximum atomic E-state index is 11.9. The van der Waals surface area contributed by atoms with E-state index in [1.807, 2.05) is 36.4 Å². The van der Waals surface area contributed by atoms with Gasteiger partial charge >= 0.3 is 5.97 Å². The molecule has 0 N–H and O–H groups in total. The number of hydrogen-bond donors (Lipinski definition) is 0. The molecule has 4 nitrogen and oxygen atoms in total. The monoisotopic (exact) mass is 308 g/mol. The highest BCUT2D eigenvalue weighted by atomic mass is 16.5. The van der Waals surface area contributed by atoms with Crippen molar-refractivity contribution in [3.63, 3.8) is 0 Å². The lowest BCUT2D eigenvalue weighted by molar-refractivity contribution is -0.145. The maximum Gasteiger partial charge on any atom is 0.306 e. The van der Waals surface area contributed by atoms with E-state index in [0.29, 0.717) is 11.3 Å². The Morgan fingerprint density at radius 2 is 1.65 bits per heavy atom. The minimum absolute atomic E-state index is 0.0634.